The van der Waals surface area contributed by atoms with E-state index in [4.69, 9.17) is 4.43 Å². The lowest BCUT2D eigenvalue weighted by Gasteiger charge is -2.43. The SMILES string of the molecule is C=CC(O)[C@H](C)C[C@H](C)CO[Si](c1ccccc1)(c1ccccc1)C(C)(C)C. The molecule has 0 aliphatic heterocycles. The van der Waals surface area contributed by atoms with Gasteiger partial charge >= 0.3 is 0 Å². The fraction of sp³-hybridized carbons (Fsp3) is 0.440. The molecule has 0 amide bonds. The van der Waals surface area contributed by atoms with Crippen molar-refractivity contribution in [3.63, 3.8) is 0 Å². The van der Waals surface area contributed by atoms with E-state index in [0.717, 1.165) is 6.42 Å². The summed E-state index contributed by atoms with van der Waals surface area (Å²) in [5.74, 6) is 0.529. The molecular weight excluding hydrogens is 360 g/mol. The van der Waals surface area contributed by atoms with Crippen LogP contribution in [0.5, 0.6) is 0 Å². The Morgan fingerprint density at radius 1 is 0.964 bits per heavy atom. The molecule has 0 aliphatic carbocycles. The Balaban J connectivity index is 2.38. The van der Waals surface area contributed by atoms with Crippen LogP contribution in [0.15, 0.2) is 73.3 Å². The molecule has 3 atom stereocenters. The van der Waals surface area contributed by atoms with Gasteiger partial charge in [0.2, 0.25) is 0 Å². The molecule has 1 unspecified atom stereocenters. The van der Waals surface area contributed by atoms with Gasteiger partial charge in [-0.25, -0.2) is 0 Å². The van der Waals surface area contributed by atoms with Crippen molar-refractivity contribution in [3.05, 3.63) is 73.3 Å². The van der Waals surface area contributed by atoms with Crippen molar-refractivity contribution in [1.82, 2.24) is 0 Å². The van der Waals surface area contributed by atoms with Crippen LogP contribution in [0.1, 0.15) is 41.0 Å². The van der Waals surface area contributed by atoms with E-state index >= 15 is 0 Å². The van der Waals surface area contributed by atoms with E-state index in [0.29, 0.717) is 12.5 Å². The van der Waals surface area contributed by atoms with Crippen molar-refractivity contribution in [2.75, 3.05) is 6.61 Å². The van der Waals surface area contributed by atoms with Crippen LogP contribution in [-0.4, -0.2) is 26.1 Å². The number of benzene rings is 2. The van der Waals surface area contributed by atoms with Gasteiger partial charge in [0.05, 0.1) is 6.10 Å². The van der Waals surface area contributed by atoms with E-state index in [-0.39, 0.29) is 11.0 Å². The van der Waals surface area contributed by atoms with Crippen LogP contribution in [0.2, 0.25) is 5.04 Å². The van der Waals surface area contributed by atoms with Crippen LogP contribution in [0.3, 0.4) is 0 Å². The van der Waals surface area contributed by atoms with Gasteiger partial charge in [0.15, 0.2) is 0 Å². The Morgan fingerprint density at radius 2 is 1.43 bits per heavy atom. The molecule has 0 saturated heterocycles. The molecule has 0 aromatic heterocycles. The fourth-order valence-corrected chi connectivity index (χ4v) is 8.79. The lowest BCUT2D eigenvalue weighted by atomic mass is 9.93. The van der Waals surface area contributed by atoms with Crippen LogP contribution < -0.4 is 10.4 Å². The van der Waals surface area contributed by atoms with E-state index < -0.39 is 14.4 Å². The summed E-state index contributed by atoms with van der Waals surface area (Å²) < 4.78 is 6.97. The van der Waals surface area contributed by atoms with Crippen LogP contribution in [0, 0.1) is 11.8 Å². The minimum atomic E-state index is -2.48. The Bertz CT molecular complexity index is 682. The molecule has 0 fully saturated rings. The highest BCUT2D eigenvalue weighted by atomic mass is 28.4. The summed E-state index contributed by atoms with van der Waals surface area (Å²) in [4.78, 5) is 0. The molecule has 2 aromatic rings. The van der Waals surface area contributed by atoms with Gasteiger partial charge in [-0.2, -0.15) is 0 Å². The molecule has 0 saturated carbocycles. The summed E-state index contributed by atoms with van der Waals surface area (Å²) in [5.41, 5.74) is 0. The Morgan fingerprint density at radius 3 is 1.82 bits per heavy atom. The van der Waals surface area contributed by atoms with Crippen molar-refractivity contribution in [2.45, 2.75) is 52.2 Å². The van der Waals surface area contributed by atoms with Gasteiger partial charge in [0, 0.05) is 6.61 Å². The van der Waals surface area contributed by atoms with E-state index in [1.54, 1.807) is 6.08 Å². The van der Waals surface area contributed by atoms with Gasteiger partial charge in [-0.3, -0.25) is 0 Å². The number of aliphatic hydroxyl groups is 1. The Labute approximate surface area is 172 Å². The van der Waals surface area contributed by atoms with Gasteiger partial charge in [0.25, 0.3) is 8.32 Å². The second-order valence-corrected chi connectivity index (χ2v) is 13.3. The average Bonchev–Trinajstić information content (AvgIpc) is 2.68. The molecular formula is C25H36O2Si. The number of hydrogen-bond acceptors (Lipinski definition) is 2. The molecule has 0 bridgehead atoms. The van der Waals surface area contributed by atoms with Gasteiger partial charge in [-0.1, -0.05) is 101 Å². The summed E-state index contributed by atoms with van der Waals surface area (Å²) >= 11 is 0. The molecule has 0 radical (unpaired) electrons. The lowest BCUT2D eigenvalue weighted by Crippen LogP contribution is -2.66. The third-order valence-corrected chi connectivity index (χ3v) is 10.6. The van der Waals surface area contributed by atoms with E-state index in [1.165, 1.54) is 10.4 Å². The first-order valence-electron chi connectivity index (χ1n) is 10.3. The van der Waals surface area contributed by atoms with Gasteiger partial charge < -0.3 is 9.53 Å². The third kappa shape index (κ3) is 5.02. The minimum Gasteiger partial charge on any atom is -0.407 e. The molecule has 2 rings (SSSR count). The summed E-state index contributed by atoms with van der Waals surface area (Å²) in [6.07, 6.45) is 2.07. The molecule has 2 nitrogen and oxygen atoms in total. The average molecular weight is 397 g/mol. The first-order chi connectivity index (χ1) is 13.2. The van der Waals surface area contributed by atoms with Crippen LogP contribution in [0.4, 0.5) is 0 Å². The highest BCUT2D eigenvalue weighted by Gasteiger charge is 2.50. The Kier molecular flexibility index (Phi) is 7.82. The molecule has 152 valence electrons. The van der Waals surface area contributed by atoms with Crippen molar-refractivity contribution in [3.8, 4) is 0 Å². The second-order valence-electron chi connectivity index (χ2n) is 9.02. The standard InChI is InChI=1S/C25H36O2Si/c1-7-24(26)21(3)18-20(2)19-27-28(25(4,5)6,22-14-10-8-11-15-22)23-16-12-9-13-17-23/h7-17,20-21,24,26H,1,18-19H2,2-6H3/t20-,21+,24?/m0/s1. The van der Waals surface area contributed by atoms with Gasteiger partial charge in [-0.05, 0) is 33.7 Å². The van der Waals surface area contributed by atoms with Gasteiger partial charge in [-0.15, -0.1) is 6.58 Å². The van der Waals surface area contributed by atoms with Crippen molar-refractivity contribution in [2.24, 2.45) is 11.8 Å². The first kappa shape index (κ1) is 22.6. The maximum absolute atomic E-state index is 10.0. The maximum Gasteiger partial charge on any atom is 0.261 e. The smallest absolute Gasteiger partial charge is 0.261 e. The molecule has 28 heavy (non-hydrogen) atoms. The second kappa shape index (κ2) is 9.68. The van der Waals surface area contributed by atoms with Crippen LogP contribution in [0.25, 0.3) is 0 Å². The Hall–Kier alpha value is -1.68. The summed E-state index contributed by atoms with van der Waals surface area (Å²) in [5, 5.41) is 12.6. The highest BCUT2D eigenvalue weighted by Crippen LogP contribution is 2.37. The molecule has 0 heterocycles. The zero-order valence-electron chi connectivity index (χ0n) is 18.1. The summed E-state index contributed by atoms with van der Waals surface area (Å²) in [7, 11) is -2.48. The normalized spacial score (nSPS) is 15.6. The quantitative estimate of drug-likeness (QED) is 0.488. The predicted molar refractivity (Wildman–Crippen MR) is 123 cm³/mol. The third-order valence-electron chi connectivity index (χ3n) is 5.60. The number of hydrogen-bond donors (Lipinski definition) is 1. The van der Waals surface area contributed by atoms with E-state index in [2.05, 4.69) is 102 Å². The minimum absolute atomic E-state index is 0.0122. The van der Waals surface area contributed by atoms with Crippen molar-refractivity contribution < 1.29 is 9.53 Å². The zero-order valence-corrected chi connectivity index (χ0v) is 19.1. The largest absolute Gasteiger partial charge is 0.407 e. The molecule has 0 spiro atoms. The summed E-state index contributed by atoms with van der Waals surface area (Å²) in [6, 6.07) is 21.5. The summed E-state index contributed by atoms with van der Waals surface area (Å²) in [6.45, 7) is 15.6. The van der Waals surface area contributed by atoms with E-state index in [9.17, 15) is 5.11 Å². The topological polar surface area (TPSA) is 29.5 Å². The molecule has 1 N–H and O–H groups in total. The van der Waals surface area contributed by atoms with Crippen LogP contribution >= 0.6 is 0 Å². The van der Waals surface area contributed by atoms with Crippen molar-refractivity contribution in [1.29, 1.82) is 0 Å². The van der Waals surface area contributed by atoms with Crippen molar-refractivity contribution >= 4 is 18.7 Å². The fourth-order valence-electron chi connectivity index (χ4n) is 4.10. The number of rotatable bonds is 9. The first-order valence-corrected chi connectivity index (χ1v) is 12.2. The molecule has 2 aromatic carbocycles. The molecule has 3 heteroatoms. The van der Waals surface area contributed by atoms with E-state index in [1.807, 2.05) is 0 Å². The van der Waals surface area contributed by atoms with Crippen LogP contribution in [-0.2, 0) is 4.43 Å². The maximum atomic E-state index is 10.0. The highest BCUT2D eigenvalue weighted by molar-refractivity contribution is 6.99. The lowest BCUT2D eigenvalue weighted by molar-refractivity contribution is 0.132. The van der Waals surface area contributed by atoms with Gasteiger partial charge in [0.1, 0.15) is 0 Å². The predicted octanol–water partition coefficient (Wildman–Crippen LogP) is 4.77. The molecule has 0 aliphatic rings. The monoisotopic (exact) mass is 396 g/mol. The zero-order chi connectivity index (χ0) is 20.8. The number of aliphatic hydroxyl groups excluding tert-OH is 1.